The van der Waals surface area contributed by atoms with E-state index in [1.165, 1.54) is 0 Å². The van der Waals surface area contributed by atoms with Crippen LogP contribution in [-0.4, -0.2) is 9.97 Å². The highest BCUT2D eigenvalue weighted by atomic mass is 127. The summed E-state index contributed by atoms with van der Waals surface area (Å²) in [6.45, 7) is 4.31. The Labute approximate surface area is 119 Å². The van der Waals surface area contributed by atoms with E-state index in [1.807, 2.05) is 6.07 Å². The summed E-state index contributed by atoms with van der Waals surface area (Å²) in [4.78, 5) is 8.82. The summed E-state index contributed by atoms with van der Waals surface area (Å²) in [7, 11) is 0. The molecule has 3 nitrogen and oxygen atoms in total. The number of hydrogen-bond donors (Lipinski definition) is 0. The van der Waals surface area contributed by atoms with Gasteiger partial charge in [-0.2, -0.15) is 0 Å². The van der Waals surface area contributed by atoms with E-state index in [1.54, 1.807) is 12.5 Å². The fraction of sp³-hybridized carbons (Fsp3) is 0.333. The molecule has 90 valence electrons. The van der Waals surface area contributed by atoms with Crippen LogP contribution in [-0.2, 0) is 6.42 Å². The number of halogens is 2. The van der Waals surface area contributed by atoms with Crippen LogP contribution in [0.5, 0.6) is 0 Å². The molecule has 0 bridgehead atoms. The first kappa shape index (κ1) is 12.8. The maximum atomic E-state index is 6.13. The van der Waals surface area contributed by atoms with Crippen molar-refractivity contribution >= 4 is 34.2 Å². The number of hydrogen-bond acceptors (Lipinski definition) is 3. The van der Waals surface area contributed by atoms with Gasteiger partial charge in [-0.3, -0.25) is 0 Å². The molecule has 0 aliphatic heterocycles. The molecule has 0 saturated carbocycles. The first-order chi connectivity index (χ1) is 8.08. The first-order valence-corrected chi connectivity index (χ1v) is 6.78. The Kier molecular flexibility index (Phi) is 4.04. The normalized spacial score (nSPS) is 11.1. The molecule has 0 atom stereocenters. The Morgan fingerprint density at radius 3 is 2.76 bits per heavy atom. The van der Waals surface area contributed by atoms with Gasteiger partial charge in [0, 0.05) is 0 Å². The summed E-state index contributed by atoms with van der Waals surface area (Å²) < 4.78 is 5.97. The maximum Gasteiger partial charge on any atom is 0.164 e. The minimum absolute atomic E-state index is 0.507. The van der Waals surface area contributed by atoms with Crippen molar-refractivity contribution in [1.29, 1.82) is 0 Å². The summed E-state index contributed by atoms with van der Waals surface area (Å²) >= 11 is 8.32. The zero-order chi connectivity index (χ0) is 12.4. The fourth-order valence-electron chi connectivity index (χ4n) is 1.51. The van der Waals surface area contributed by atoms with E-state index in [-0.39, 0.29) is 0 Å². The maximum absolute atomic E-state index is 6.13. The van der Waals surface area contributed by atoms with Crippen LogP contribution >= 0.6 is 34.2 Å². The summed E-state index contributed by atoms with van der Waals surface area (Å²) in [5.41, 5.74) is 1.85. The monoisotopic (exact) mass is 362 g/mol. The second kappa shape index (κ2) is 5.35. The SMILES string of the molecule is CC(C)Cc1nc(-c2ccoc2)nc(Cl)c1I. The van der Waals surface area contributed by atoms with Crippen molar-refractivity contribution < 1.29 is 4.42 Å². The predicted octanol–water partition coefficient (Wildman–Crippen LogP) is 4.19. The van der Waals surface area contributed by atoms with Crippen molar-refractivity contribution in [2.24, 2.45) is 5.92 Å². The molecule has 0 spiro atoms. The highest BCUT2D eigenvalue weighted by Crippen LogP contribution is 2.25. The van der Waals surface area contributed by atoms with Crippen molar-refractivity contribution in [2.75, 3.05) is 0 Å². The van der Waals surface area contributed by atoms with Crippen LogP contribution < -0.4 is 0 Å². The lowest BCUT2D eigenvalue weighted by molar-refractivity contribution is 0.568. The predicted molar refractivity (Wildman–Crippen MR) is 76.0 cm³/mol. The Morgan fingerprint density at radius 2 is 2.18 bits per heavy atom. The van der Waals surface area contributed by atoms with E-state index in [0.717, 1.165) is 21.2 Å². The van der Waals surface area contributed by atoms with Crippen molar-refractivity contribution in [2.45, 2.75) is 20.3 Å². The Hall–Kier alpha value is -0.620. The topological polar surface area (TPSA) is 38.9 Å². The smallest absolute Gasteiger partial charge is 0.164 e. The van der Waals surface area contributed by atoms with Gasteiger partial charge in [0.2, 0.25) is 0 Å². The zero-order valence-corrected chi connectivity index (χ0v) is 12.5. The third kappa shape index (κ3) is 2.98. The van der Waals surface area contributed by atoms with Gasteiger partial charge in [0.25, 0.3) is 0 Å². The molecule has 5 heteroatoms. The van der Waals surface area contributed by atoms with Gasteiger partial charge in [0.1, 0.15) is 11.4 Å². The molecular formula is C12H12ClIN2O. The lowest BCUT2D eigenvalue weighted by Crippen LogP contribution is -2.04. The average molecular weight is 363 g/mol. The standard InChI is InChI=1S/C12H12ClIN2O/c1-7(2)5-9-10(14)11(13)16-12(15-9)8-3-4-17-6-8/h3-4,6-7H,5H2,1-2H3. The Bertz CT molecular complexity index is 511. The molecule has 0 aliphatic rings. The molecule has 2 rings (SSSR count). The van der Waals surface area contributed by atoms with Crippen LogP contribution in [0, 0.1) is 9.49 Å². The molecule has 0 fully saturated rings. The van der Waals surface area contributed by atoms with E-state index < -0.39 is 0 Å². The molecule has 0 N–H and O–H groups in total. The quantitative estimate of drug-likeness (QED) is 0.607. The van der Waals surface area contributed by atoms with E-state index in [0.29, 0.717) is 16.9 Å². The lowest BCUT2D eigenvalue weighted by Gasteiger charge is -2.09. The van der Waals surface area contributed by atoms with Gasteiger partial charge in [-0.15, -0.1) is 0 Å². The number of furan rings is 1. The number of rotatable bonds is 3. The molecule has 0 aliphatic carbocycles. The lowest BCUT2D eigenvalue weighted by atomic mass is 10.1. The molecule has 0 aromatic carbocycles. The van der Waals surface area contributed by atoms with Crippen LogP contribution in [0.25, 0.3) is 11.4 Å². The Morgan fingerprint density at radius 1 is 1.41 bits per heavy atom. The molecule has 2 aromatic heterocycles. The van der Waals surface area contributed by atoms with E-state index in [2.05, 4.69) is 46.4 Å². The van der Waals surface area contributed by atoms with E-state index in [4.69, 9.17) is 16.0 Å². The minimum Gasteiger partial charge on any atom is -0.472 e. The van der Waals surface area contributed by atoms with Crippen LogP contribution in [0.4, 0.5) is 0 Å². The number of nitrogens with zero attached hydrogens (tertiary/aromatic N) is 2. The van der Waals surface area contributed by atoms with Crippen molar-refractivity contribution in [3.63, 3.8) is 0 Å². The molecular weight excluding hydrogens is 351 g/mol. The minimum atomic E-state index is 0.507. The van der Waals surface area contributed by atoms with Gasteiger partial charge < -0.3 is 4.42 Å². The molecule has 17 heavy (non-hydrogen) atoms. The van der Waals surface area contributed by atoms with Crippen molar-refractivity contribution in [3.05, 3.63) is 33.0 Å². The highest BCUT2D eigenvalue weighted by molar-refractivity contribution is 14.1. The van der Waals surface area contributed by atoms with Crippen LogP contribution in [0.3, 0.4) is 0 Å². The summed E-state index contributed by atoms with van der Waals surface area (Å²) in [6, 6.07) is 1.83. The summed E-state index contributed by atoms with van der Waals surface area (Å²) in [5, 5.41) is 0.507. The molecule has 0 unspecified atom stereocenters. The largest absolute Gasteiger partial charge is 0.472 e. The molecule has 0 saturated heterocycles. The molecule has 2 heterocycles. The second-order valence-electron chi connectivity index (χ2n) is 4.21. The third-order valence-corrected chi connectivity index (χ3v) is 3.99. The fourth-order valence-corrected chi connectivity index (χ4v) is 2.16. The van der Waals surface area contributed by atoms with Gasteiger partial charge in [-0.25, -0.2) is 9.97 Å². The first-order valence-electron chi connectivity index (χ1n) is 5.32. The Balaban J connectivity index is 2.46. The van der Waals surface area contributed by atoms with Gasteiger partial charge in [-0.1, -0.05) is 25.4 Å². The number of aromatic nitrogens is 2. The zero-order valence-electron chi connectivity index (χ0n) is 9.58. The molecule has 0 amide bonds. The van der Waals surface area contributed by atoms with Crippen LogP contribution in [0.15, 0.2) is 23.0 Å². The van der Waals surface area contributed by atoms with E-state index in [9.17, 15) is 0 Å². The third-order valence-electron chi connectivity index (χ3n) is 2.26. The van der Waals surface area contributed by atoms with Crippen molar-refractivity contribution in [1.82, 2.24) is 9.97 Å². The van der Waals surface area contributed by atoms with Gasteiger partial charge in [0.15, 0.2) is 5.82 Å². The van der Waals surface area contributed by atoms with Gasteiger partial charge in [0.05, 0.1) is 21.1 Å². The molecule has 2 aromatic rings. The van der Waals surface area contributed by atoms with Crippen LogP contribution in [0.1, 0.15) is 19.5 Å². The van der Waals surface area contributed by atoms with Gasteiger partial charge in [-0.05, 0) is 41.0 Å². The van der Waals surface area contributed by atoms with Crippen molar-refractivity contribution in [3.8, 4) is 11.4 Å². The summed E-state index contributed by atoms with van der Waals surface area (Å²) in [6.07, 6.45) is 4.12. The van der Waals surface area contributed by atoms with Gasteiger partial charge >= 0.3 is 0 Å². The second-order valence-corrected chi connectivity index (χ2v) is 5.65. The van der Waals surface area contributed by atoms with E-state index >= 15 is 0 Å². The molecule has 0 radical (unpaired) electrons. The highest BCUT2D eigenvalue weighted by Gasteiger charge is 2.13. The average Bonchev–Trinajstić information content (AvgIpc) is 2.77. The van der Waals surface area contributed by atoms with Crippen LogP contribution in [0.2, 0.25) is 5.15 Å². The summed E-state index contributed by atoms with van der Waals surface area (Å²) in [5.74, 6) is 1.16.